The highest BCUT2D eigenvalue weighted by atomic mass is 16.2. The van der Waals surface area contributed by atoms with Crippen molar-refractivity contribution >= 4 is 17.0 Å². The zero-order valence-corrected chi connectivity index (χ0v) is 20.9. The molecule has 2 aromatic rings. The van der Waals surface area contributed by atoms with Crippen LogP contribution in [-0.2, 0) is 4.79 Å². The van der Waals surface area contributed by atoms with Crippen molar-refractivity contribution in [3.63, 3.8) is 0 Å². The number of aryl methyl sites for hydroxylation is 1. The van der Waals surface area contributed by atoms with E-state index >= 15 is 0 Å². The summed E-state index contributed by atoms with van der Waals surface area (Å²) >= 11 is 0. The van der Waals surface area contributed by atoms with E-state index in [9.17, 15) is 4.79 Å². The van der Waals surface area contributed by atoms with Gasteiger partial charge in [0.25, 0.3) is 5.91 Å². The van der Waals surface area contributed by atoms with Crippen LogP contribution in [0.3, 0.4) is 0 Å². The van der Waals surface area contributed by atoms with Gasteiger partial charge in [0.15, 0.2) is 0 Å². The van der Waals surface area contributed by atoms with Crippen molar-refractivity contribution in [2.45, 2.75) is 46.0 Å². The smallest absolute Gasteiger partial charge is 0.255 e. The number of fused-ring (bicyclic) bond motifs is 2. The molecule has 0 radical (unpaired) electrons. The number of allylic oxidation sites excluding steroid dienone is 4. The molecule has 1 saturated carbocycles. The molecule has 0 bridgehead atoms. The molecule has 2 fully saturated rings. The van der Waals surface area contributed by atoms with Crippen LogP contribution < -0.4 is 0 Å². The predicted octanol–water partition coefficient (Wildman–Crippen LogP) is 4.10. The van der Waals surface area contributed by atoms with Crippen LogP contribution >= 0.6 is 0 Å². The van der Waals surface area contributed by atoms with Crippen molar-refractivity contribution in [1.29, 1.82) is 0 Å². The maximum atomic E-state index is 13.6. The van der Waals surface area contributed by atoms with Gasteiger partial charge in [0, 0.05) is 50.1 Å². The van der Waals surface area contributed by atoms with Crippen LogP contribution in [0.2, 0.25) is 0 Å². The molecule has 1 saturated heterocycles. The SMILES string of the molecule is CCN1CCN(C2=CN3C(=O)C=C(c4cc5c(C6CC6)nc(C)cn5n4)C(C)CC=C3C=C2)CC1. The van der Waals surface area contributed by atoms with Gasteiger partial charge in [-0.2, -0.15) is 5.10 Å². The second-order valence-electron chi connectivity index (χ2n) is 10.3. The van der Waals surface area contributed by atoms with E-state index in [1.54, 1.807) is 6.08 Å². The number of nitrogens with zero attached hydrogens (tertiary/aromatic N) is 6. The lowest BCUT2D eigenvalue weighted by Crippen LogP contribution is -2.46. The van der Waals surface area contributed by atoms with Gasteiger partial charge in [-0.3, -0.25) is 14.7 Å². The largest absolute Gasteiger partial charge is 0.368 e. The number of carbonyl (C=O) groups excluding carboxylic acids is 1. The Kier molecular flexibility index (Phi) is 5.60. The van der Waals surface area contributed by atoms with Crippen LogP contribution in [0, 0.1) is 12.8 Å². The highest BCUT2D eigenvalue weighted by molar-refractivity contribution is 5.98. The summed E-state index contributed by atoms with van der Waals surface area (Å²) in [5, 5.41) is 4.91. The van der Waals surface area contributed by atoms with E-state index in [0.717, 1.165) is 78.7 Å². The average Bonchev–Trinajstić information content (AvgIpc) is 3.63. The second kappa shape index (κ2) is 8.79. The Morgan fingerprint density at radius 2 is 1.86 bits per heavy atom. The monoisotopic (exact) mass is 470 g/mol. The minimum atomic E-state index is -0.0133. The third-order valence-electron chi connectivity index (χ3n) is 7.74. The van der Waals surface area contributed by atoms with E-state index in [2.05, 4.69) is 47.9 Å². The molecular weight excluding hydrogens is 436 g/mol. The number of likely N-dealkylation sites (N-methyl/N-ethyl adjacent to an activating group) is 1. The molecule has 1 amide bonds. The van der Waals surface area contributed by atoms with Gasteiger partial charge in [-0.15, -0.1) is 0 Å². The van der Waals surface area contributed by atoms with E-state index in [4.69, 9.17) is 10.1 Å². The second-order valence-corrected chi connectivity index (χ2v) is 10.3. The molecule has 3 aliphatic heterocycles. The summed E-state index contributed by atoms with van der Waals surface area (Å²) in [6.07, 6.45) is 15.5. The number of aromatic nitrogens is 3. The molecule has 0 N–H and O–H groups in total. The number of piperazine rings is 1. The normalized spacial score (nSPS) is 23.6. The summed E-state index contributed by atoms with van der Waals surface area (Å²) in [4.78, 5) is 25.0. The fraction of sp³-hybridized carbons (Fsp3) is 0.464. The standard InChI is InChI=1S/C28H34N6O/c1-4-31-11-13-32(14-12-31)23-10-9-22-8-5-19(2)24(15-27(35)33(22)18-23)25-16-26-28(21-6-7-21)29-20(3)17-34(26)30-25/h8-10,15-19,21H,4-7,11-14H2,1-3H3. The zero-order chi connectivity index (χ0) is 24.1. The Hall–Kier alpha value is -3.19. The molecule has 2 aromatic heterocycles. The third kappa shape index (κ3) is 4.22. The first-order chi connectivity index (χ1) is 17.0. The lowest BCUT2D eigenvalue weighted by atomic mass is 9.92. The molecule has 4 aliphatic rings. The van der Waals surface area contributed by atoms with Gasteiger partial charge >= 0.3 is 0 Å². The molecule has 182 valence electrons. The number of carbonyl (C=O) groups is 1. The van der Waals surface area contributed by atoms with E-state index in [0.29, 0.717) is 5.92 Å². The number of rotatable bonds is 4. The predicted molar refractivity (Wildman–Crippen MR) is 137 cm³/mol. The van der Waals surface area contributed by atoms with Gasteiger partial charge in [-0.25, -0.2) is 4.52 Å². The fourth-order valence-electron chi connectivity index (χ4n) is 5.40. The van der Waals surface area contributed by atoms with E-state index < -0.39 is 0 Å². The maximum Gasteiger partial charge on any atom is 0.255 e. The minimum Gasteiger partial charge on any atom is -0.368 e. The first kappa shape index (κ1) is 22.3. The molecule has 5 heterocycles. The summed E-state index contributed by atoms with van der Waals surface area (Å²) in [6.45, 7) is 11.6. The fourth-order valence-corrected chi connectivity index (χ4v) is 5.40. The molecule has 6 rings (SSSR count). The lowest BCUT2D eigenvalue weighted by Gasteiger charge is -2.38. The number of amides is 1. The maximum absolute atomic E-state index is 13.6. The number of hydrogen-bond donors (Lipinski definition) is 0. The van der Waals surface area contributed by atoms with Crippen LogP contribution in [0.1, 0.15) is 56.1 Å². The summed E-state index contributed by atoms with van der Waals surface area (Å²) in [5.74, 6) is 0.721. The van der Waals surface area contributed by atoms with Gasteiger partial charge in [0.1, 0.15) is 0 Å². The summed E-state index contributed by atoms with van der Waals surface area (Å²) in [6, 6.07) is 2.13. The Balaban J connectivity index is 1.31. The van der Waals surface area contributed by atoms with Crippen LogP contribution in [0.4, 0.5) is 0 Å². The van der Waals surface area contributed by atoms with Crippen LogP contribution in [0.5, 0.6) is 0 Å². The Morgan fingerprint density at radius 3 is 2.60 bits per heavy atom. The van der Waals surface area contributed by atoms with E-state index in [1.807, 2.05) is 28.7 Å². The summed E-state index contributed by atoms with van der Waals surface area (Å²) in [5.41, 5.74) is 7.14. The topological polar surface area (TPSA) is 57.0 Å². The van der Waals surface area contributed by atoms with Crippen molar-refractivity contribution in [2.24, 2.45) is 5.92 Å². The van der Waals surface area contributed by atoms with Gasteiger partial charge in [0.05, 0.1) is 34.5 Å². The number of hydrogen-bond acceptors (Lipinski definition) is 5. The highest BCUT2D eigenvalue weighted by Crippen LogP contribution is 2.41. The first-order valence-corrected chi connectivity index (χ1v) is 13.0. The van der Waals surface area contributed by atoms with Crippen molar-refractivity contribution in [1.82, 2.24) is 29.3 Å². The van der Waals surface area contributed by atoms with Crippen LogP contribution in [0.15, 0.2) is 54.2 Å². The summed E-state index contributed by atoms with van der Waals surface area (Å²) < 4.78 is 1.96. The molecule has 7 heteroatoms. The van der Waals surface area contributed by atoms with Crippen molar-refractivity contribution in [3.05, 3.63) is 71.2 Å². The molecule has 1 aliphatic carbocycles. The molecule has 1 atom stereocenters. The molecule has 35 heavy (non-hydrogen) atoms. The first-order valence-electron chi connectivity index (χ1n) is 13.0. The molecule has 0 aromatic carbocycles. The quantitative estimate of drug-likeness (QED) is 0.674. The molecule has 0 spiro atoms. The minimum absolute atomic E-state index is 0.0133. The van der Waals surface area contributed by atoms with E-state index in [-0.39, 0.29) is 11.8 Å². The van der Waals surface area contributed by atoms with E-state index in [1.165, 1.54) is 12.8 Å². The zero-order valence-electron chi connectivity index (χ0n) is 20.9. The van der Waals surface area contributed by atoms with Gasteiger partial charge in [0.2, 0.25) is 0 Å². The summed E-state index contributed by atoms with van der Waals surface area (Å²) in [7, 11) is 0. The Bertz CT molecular complexity index is 1290. The van der Waals surface area contributed by atoms with Crippen molar-refractivity contribution in [3.8, 4) is 0 Å². The highest BCUT2D eigenvalue weighted by Gasteiger charge is 2.30. The van der Waals surface area contributed by atoms with Crippen LogP contribution in [-0.4, -0.2) is 67.9 Å². The Labute approximate surface area is 207 Å². The Morgan fingerprint density at radius 1 is 1.09 bits per heavy atom. The van der Waals surface area contributed by atoms with Gasteiger partial charge in [-0.05, 0) is 62.4 Å². The molecule has 7 nitrogen and oxygen atoms in total. The van der Waals surface area contributed by atoms with Gasteiger partial charge < -0.3 is 9.80 Å². The third-order valence-corrected chi connectivity index (χ3v) is 7.74. The molecule has 1 unspecified atom stereocenters. The van der Waals surface area contributed by atoms with Crippen LogP contribution in [0.25, 0.3) is 11.1 Å². The molecular formula is C28H34N6O. The van der Waals surface area contributed by atoms with Crippen molar-refractivity contribution in [2.75, 3.05) is 32.7 Å². The average molecular weight is 471 g/mol. The lowest BCUT2D eigenvalue weighted by molar-refractivity contribution is -0.122. The van der Waals surface area contributed by atoms with Crippen molar-refractivity contribution < 1.29 is 4.79 Å². The van der Waals surface area contributed by atoms with Gasteiger partial charge in [-0.1, -0.05) is 19.9 Å².